The Kier molecular flexibility index (Phi) is 7.62. The number of esters is 2. The van der Waals surface area contributed by atoms with Crippen LogP contribution in [-0.2, 0) is 33.3 Å². The summed E-state index contributed by atoms with van der Waals surface area (Å²) in [6.45, 7) is 8.30. The maximum atomic E-state index is 12.7. The predicted molar refractivity (Wildman–Crippen MR) is 148 cm³/mol. The normalized spacial score (nSPS) is 51.2. The van der Waals surface area contributed by atoms with Gasteiger partial charge in [0.05, 0.1) is 11.7 Å². The first-order chi connectivity index (χ1) is 19.4. The second-order valence-electron chi connectivity index (χ2n) is 14.5. The zero-order valence-corrected chi connectivity index (χ0v) is 25.4. The van der Waals surface area contributed by atoms with Crippen molar-refractivity contribution in [1.82, 2.24) is 0 Å². The van der Waals surface area contributed by atoms with Crippen molar-refractivity contribution in [2.75, 3.05) is 13.7 Å². The third kappa shape index (κ3) is 4.69. The molecule has 0 aromatic heterocycles. The van der Waals surface area contributed by atoms with Crippen LogP contribution in [0.4, 0.5) is 0 Å². The van der Waals surface area contributed by atoms with Crippen molar-refractivity contribution >= 4 is 11.9 Å². The van der Waals surface area contributed by atoms with Crippen LogP contribution in [0, 0.1) is 34.5 Å². The number of aliphatic hydroxyl groups is 1. The monoisotopic (exact) mass is 576 g/mol. The molecule has 4 N–H and O–H groups in total. The standard InChI is InChI=1S/C32H49NO8/c1-17-29(33)24(37-5)14-27(39-17)41-21-8-10-30(3)20(13-21)6-7-23-22(30)9-11-31(4)28(19-12-26(35)38-16-19)25(40-18(2)34)15-32(23,31)36/h12,17,20-25,27-29,36H,6-11,13-16,33H2,1-5H3/p+1/t17?,20-,21+,22?,23-,24-,25+,27+,28+,29+,30+,31-,32+/m1/s1. The van der Waals surface area contributed by atoms with Crippen LogP contribution in [0.1, 0.15) is 85.5 Å². The summed E-state index contributed by atoms with van der Waals surface area (Å²) in [6.07, 6.45) is 9.09. The quantitative estimate of drug-likeness (QED) is 0.378. The molecule has 5 fully saturated rings. The van der Waals surface area contributed by atoms with E-state index in [0.717, 1.165) is 50.5 Å². The number of cyclic esters (lactones) is 1. The molecule has 0 bridgehead atoms. The van der Waals surface area contributed by atoms with Gasteiger partial charge in [0.25, 0.3) is 0 Å². The SMILES string of the molecule is CO[C@@H]1C[C@H](O[C@H]2CC[C@]3(C)C4CC[C@]5(C)[C@@H](C6=CC(=O)OC6)[C@@H](OC(C)=O)C[C@]5(O)[C@@H]4CC[C@@H]3C2)OC(C)[C@@H]1[NH3+]. The highest BCUT2D eigenvalue weighted by Crippen LogP contribution is 2.70. The van der Waals surface area contributed by atoms with E-state index in [1.165, 1.54) is 6.92 Å². The molecular formula is C32H50NO8+. The highest BCUT2D eigenvalue weighted by Gasteiger charge is 2.71. The number of methoxy groups -OCH3 is 1. The molecule has 0 aromatic carbocycles. The minimum Gasteiger partial charge on any atom is -0.462 e. The van der Waals surface area contributed by atoms with Gasteiger partial charge in [-0.1, -0.05) is 13.8 Å². The molecular weight excluding hydrogens is 526 g/mol. The van der Waals surface area contributed by atoms with Gasteiger partial charge in [-0.15, -0.1) is 0 Å². The Labute approximate surface area is 243 Å². The number of fused-ring (bicyclic) bond motifs is 5. The van der Waals surface area contributed by atoms with Gasteiger partial charge in [0.1, 0.15) is 31.0 Å². The highest BCUT2D eigenvalue weighted by atomic mass is 16.7. The van der Waals surface area contributed by atoms with Crippen molar-refractivity contribution in [3.63, 3.8) is 0 Å². The number of carbonyl (C=O) groups is 2. The summed E-state index contributed by atoms with van der Waals surface area (Å²) in [5.41, 5.74) is 3.74. The topological polar surface area (TPSA) is 128 Å². The Balaban J connectivity index is 1.19. The van der Waals surface area contributed by atoms with E-state index < -0.39 is 17.1 Å². The molecule has 230 valence electrons. The van der Waals surface area contributed by atoms with E-state index in [2.05, 4.69) is 19.6 Å². The molecule has 2 heterocycles. The Bertz CT molecular complexity index is 1080. The molecule has 0 aromatic rings. The number of quaternary nitrogens is 1. The van der Waals surface area contributed by atoms with Crippen molar-refractivity contribution in [3.05, 3.63) is 11.6 Å². The van der Waals surface area contributed by atoms with E-state index in [4.69, 9.17) is 23.7 Å². The summed E-state index contributed by atoms with van der Waals surface area (Å²) in [4.78, 5) is 24.2. The van der Waals surface area contributed by atoms with Crippen LogP contribution in [0.2, 0.25) is 0 Å². The average molecular weight is 577 g/mol. The van der Waals surface area contributed by atoms with Gasteiger partial charge in [0.2, 0.25) is 0 Å². The summed E-state index contributed by atoms with van der Waals surface area (Å²) < 4.78 is 29.6. The van der Waals surface area contributed by atoms with Gasteiger partial charge >= 0.3 is 11.9 Å². The molecule has 4 aliphatic carbocycles. The zero-order chi connectivity index (χ0) is 29.3. The smallest absolute Gasteiger partial charge is 0.331 e. The summed E-state index contributed by atoms with van der Waals surface area (Å²) in [6, 6.07) is 0.0983. The van der Waals surface area contributed by atoms with Crippen molar-refractivity contribution < 1.29 is 44.1 Å². The van der Waals surface area contributed by atoms with Crippen molar-refractivity contribution in [2.45, 2.75) is 128 Å². The number of carbonyl (C=O) groups excluding carboxylic acids is 2. The van der Waals surface area contributed by atoms with Crippen LogP contribution >= 0.6 is 0 Å². The Morgan fingerprint density at radius 3 is 2.56 bits per heavy atom. The van der Waals surface area contributed by atoms with Crippen molar-refractivity contribution in [3.8, 4) is 0 Å². The molecule has 9 heteroatoms. The third-order valence-corrected chi connectivity index (χ3v) is 12.7. The minimum absolute atomic E-state index is 0.00369. The largest absolute Gasteiger partial charge is 0.462 e. The van der Waals surface area contributed by atoms with E-state index in [-0.39, 0.29) is 66.4 Å². The van der Waals surface area contributed by atoms with Gasteiger partial charge in [-0.05, 0) is 80.6 Å². The van der Waals surface area contributed by atoms with Gasteiger partial charge in [-0.3, -0.25) is 4.79 Å². The number of hydrogen-bond donors (Lipinski definition) is 2. The Morgan fingerprint density at radius 2 is 1.88 bits per heavy atom. The molecule has 0 radical (unpaired) electrons. The van der Waals surface area contributed by atoms with Crippen LogP contribution in [-0.4, -0.2) is 73.1 Å². The molecule has 0 amide bonds. The van der Waals surface area contributed by atoms with E-state index in [9.17, 15) is 14.7 Å². The molecule has 1 saturated heterocycles. The van der Waals surface area contributed by atoms with E-state index in [1.807, 2.05) is 6.92 Å². The fourth-order valence-corrected chi connectivity index (χ4v) is 10.5. The van der Waals surface area contributed by atoms with Crippen molar-refractivity contribution in [1.29, 1.82) is 0 Å². The molecule has 6 aliphatic rings. The molecule has 2 unspecified atom stereocenters. The van der Waals surface area contributed by atoms with Crippen LogP contribution in [0.15, 0.2) is 11.6 Å². The molecule has 6 rings (SSSR count). The molecule has 9 nitrogen and oxygen atoms in total. The molecule has 41 heavy (non-hydrogen) atoms. The molecule has 4 saturated carbocycles. The lowest BCUT2D eigenvalue weighted by atomic mass is 9.43. The maximum absolute atomic E-state index is 12.7. The molecule has 13 atom stereocenters. The average Bonchev–Trinajstić information content (AvgIpc) is 3.42. The second kappa shape index (κ2) is 10.6. The highest BCUT2D eigenvalue weighted by molar-refractivity contribution is 5.85. The summed E-state index contributed by atoms with van der Waals surface area (Å²) in [5, 5.41) is 12.7. The number of hydrogen-bond acceptors (Lipinski definition) is 8. The minimum atomic E-state index is -0.972. The van der Waals surface area contributed by atoms with Gasteiger partial charge in [0, 0.05) is 44.3 Å². The third-order valence-electron chi connectivity index (χ3n) is 12.7. The van der Waals surface area contributed by atoms with Crippen LogP contribution < -0.4 is 5.73 Å². The lowest BCUT2D eigenvalue weighted by Crippen LogP contribution is -2.74. The Hall–Kier alpha value is -1.52. The summed E-state index contributed by atoms with van der Waals surface area (Å²) in [7, 11) is 1.74. The zero-order valence-electron chi connectivity index (χ0n) is 25.4. The second-order valence-corrected chi connectivity index (χ2v) is 14.5. The summed E-state index contributed by atoms with van der Waals surface area (Å²) in [5.74, 6) is 0.133. The Morgan fingerprint density at radius 1 is 1.10 bits per heavy atom. The van der Waals surface area contributed by atoms with Gasteiger partial charge < -0.3 is 34.5 Å². The van der Waals surface area contributed by atoms with Gasteiger partial charge in [-0.2, -0.15) is 0 Å². The molecule has 0 spiro atoms. The fraction of sp³-hybridized carbons (Fsp3) is 0.875. The van der Waals surface area contributed by atoms with Gasteiger partial charge in [0.15, 0.2) is 6.29 Å². The number of ether oxygens (including phenoxy) is 5. The lowest BCUT2D eigenvalue weighted by Gasteiger charge is -2.63. The van der Waals surface area contributed by atoms with E-state index in [1.54, 1.807) is 13.2 Å². The first-order valence-corrected chi connectivity index (χ1v) is 15.8. The van der Waals surface area contributed by atoms with Gasteiger partial charge in [-0.25, -0.2) is 4.79 Å². The number of rotatable bonds is 5. The first kappa shape index (κ1) is 29.5. The maximum Gasteiger partial charge on any atom is 0.331 e. The lowest BCUT2D eigenvalue weighted by molar-refractivity contribution is -0.476. The predicted octanol–water partition coefficient (Wildman–Crippen LogP) is 2.93. The van der Waals surface area contributed by atoms with E-state index >= 15 is 0 Å². The van der Waals surface area contributed by atoms with Crippen molar-refractivity contribution in [2.24, 2.45) is 34.5 Å². The molecule has 2 aliphatic heterocycles. The van der Waals surface area contributed by atoms with Crippen LogP contribution in [0.3, 0.4) is 0 Å². The first-order valence-electron chi connectivity index (χ1n) is 15.8. The fourth-order valence-electron chi connectivity index (χ4n) is 10.5. The van der Waals surface area contributed by atoms with Crippen LogP contribution in [0.5, 0.6) is 0 Å². The van der Waals surface area contributed by atoms with Crippen LogP contribution in [0.25, 0.3) is 0 Å². The summed E-state index contributed by atoms with van der Waals surface area (Å²) >= 11 is 0. The van der Waals surface area contributed by atoms with E-state index in [0.29, 0.717) is 24.7 Å².